The van der Waals surface area contributed by atoms with Crippen molar-refractivity contribution in [1.29, 1.82) is 5.41 Å². The predicted molar refractivity (Wildman–Crippen MR) is 129 cm³/mol. The predicted octanol–water partition coefficient (Wildman–Crippen LogP) is 5.24. The van der Waals surface area contributed by atoms with Crippen LogP contribution in [0.25, 0.3) is 0 Å². The number of nitrogens with zero attached hydrogens (tertiary/aromatic N) is 2. The van der Waals surface area contributed by atoms with Gasteiger partial charge in [-0.15, -0.1) is 0 Å². The third-order valence-electron chi connectivity index (χ3n) is 6.53. The molecule has 0 spiro atoms. The van der Waals surface area contributed by atoms with Gasteiger partial charge in [0, 0.05) is 35.0 Å². The highest BCUT2D eigenvalue weighted by Gasteiger charge is 2.34. The number of piperidine rings is 1. The molecule has 0 aliphatic carbocycles. The number of amides is 1. The molecule has 1 fully saturated rings. The Bertz CT molecular complexity index is 840. The molecule has 31 heavy (non-hydrogen) atoms. The highest BCUT2D eigenvalue weighted by atomic mass is 35.5. The molecular weight excluding hydrogens is 408 g/mol. The van der Waals surface area contributed by atoms with Crippen LogP contribution in [0.5, 0.6) is 0 Å². The molecule has 0 bridgehead atoms. The lowest BCUT2D eigenvalue weighted by molar-refractivity contribution is -0.136. The van der Waals surface area contributed by atoms with Crippen molar-refractivity contribution in [1.82, 2.24) is 10.2 Å². The van der Waals surface area contributed by atoms with E-state index in [-0.39, 0.29) is 23.8 Å². The second kappa shape index (κ2) is 11.1. The Morgan fingerprint density at radius 3 is 2.68 bits per heavy atom. The number of aliphatic imine (C=N–C) groups is 1. The van der Waals surface area contributed by atoms with Crippen LogP contribution in [0.4, 0.5) is 0 Å². The zero-order valence-corrected chi connectivity index (χ0v) is 19.7. The first-order valence-electron chi connectivity index (χ1n) is 11.6. The highest BCUT2D eigenvalue weighted by molar-refractivity contribution is 6.30. The van der Waals surface area contributed by atoms with E-state index in [9.17, 15) is 4.79 Å². The molecule has 2 heterocycles. The Morgan fingerprint density at radius 2 is 2.06 bits per heavy atom. The molecule has 3 unspecified atom stereocenters. The number of carbonyl (C=O) groups is 1. The first kappa shape index (κ1) is 23.7. The largest absolute Gasteiger partial charge is 0.315 e. The molecule has 1 aromatic rings. The number of allylic oxidation sites excluding steroid dienone is 1. The molecule has 0 radical (unpaired) electrons. The summed E-state index contributed by atoms with van der Waals surface area (Å²) in [5, 5.41) is 12.7. The summed E-state index contributed by atoms with van der Waals surface area (Å²) < 4.78 is 0. The van der Waals surface area contributed by atoms with Crippen LogP contribution in [-0.4, -0.2) is 41.9 Å². The lowest BCUT2D eigenvalue weighted by Gasteiger charge is -2.37. The highest BCUT2D eigenvalue weighted by Crippen LogP contribution is 2.29. The smallest absolute Gasteiger partial charge is 0.231 e. The minimum atomic E-state index is -0.141. The molecule has 168 valence electrons. The van der Waals surface area contributed by atoms with Crippen LogP contribution in [0.1, 0.15) is 58.4 Å². The average Bonchev–Trinajstić information content (AvgIpc) is 2.93. The molecule has 1 saturated heterocycles. The fourth-order valence-corrected chi connectivity index (χ4v) is 4.51. The van der Waals surface area contributed by atoms with Gasteiger partial charge >= 0.3 is 0 Å². The zero-order chi connectivity index (χ0) is 22.4. The van der Waals surface area contributed by atoms with Crippen LogP contribution in [0.2, 0.25) is 5.02 Å². The van der Waals surface area contributed by atoms with Gasteiger partial charge in [0.25, 0.3) is 0 Å². The van der Waals surface area contributed by atoms with Crippen LogP contribution in [0, 0.1) is 17.2 Å². The number of hydrogen-bond acceptors (Lipinski definition) is 4. The van der Waals surface area contributed by atoms with E-state index in [0.717, 1.165) is 49.9 Å². The molecule has 2 N–H and O–H groups in total. The van der Waals surface area contributed by atoms with Crippen molar-refractivity contribution >= 4 is 29.4 Å². The summed E-state index contributed by atoms with van der Waals surface area (Å²) in [6.45, 7) is 7.89. The summed E-state index contributed by atoms with van der Waals surface area (Å²) >= 11 is 6.04. The average molecular weight is 443 g/mol. The van der Waals surface area contributed by atoms with Crippen LogP contribution in [-0.2, 0) is 11.2 Å². The van der Waals surface area contributed by atoms with E-state index in [2.05, 4.69) is 19.2 Å². The van der Waals surface area contributed by atoms with Gasteiger partial charge in [-0.2, -0.15) is 0 Å². The van der Waals surface area contributed by atoms with Crippen molar-refractivity contribution < 1.29 is 4.79 Å². The van der Waals surface area contributed by atoms with E-state index in [1.165, 1.54) is 0 Å². The Kier molecular flexibility index (Phi) is 8.44. The molecule has 2 aliphatic heterocycles. The van der Waals surface area contributed by atoms with Gasteiger partial charge in [0.1, 0.15) is 5.82 Å². The third-order valence-corrected chi connectivity index (χ3v) is 6.78. The molecule has 3 rings (SSSR count). The SMILES string of the molecule is CCC1C=NC(N(C(=O)C(CC)Cc2ccc(Cl)cc2)C2CCCNC2)=C(C)C(=N)C1. The second-order valence-electron chi connectivity index (χ2n) is 8.72. The summed E-state index contributed by atoms with van der Waals surface area (Å²) in [6.07, 6.45) is 7.00. The number of halogens is 1. The molecule has 6 heteroatoms. The fourth-order valence-electron chi connectivity index (χ4n) is 4.39. The zero-order valence-electron chi connectivity index (χ0n) is 19.0. The standard InChI is InChI=1S/C25H35ClN4O/c1-4-18-14-23(27)17(3)24(29-15-18)30(22-7-6-12-28-16-22)25(31)20(5-2)13-19-8-10-21(26)11-9-19/h8-11,15,18,20,22,27-28H,4-7,12-14,16H2,1-3H3. The van der Waals surface area contributed by atoms with Crippen molar-refractivity contribution in [3.8, 4) is 0 Å². The maximum absolute atomic E-state index is 14.0. The van der Waals surface area contributed by atoms with E-state index >= 15 is 0 Å². The quantitative estimate of drug-likeness (QED) is 0.606. The van der Waals surface area contributed by atoms with Crippen molar-refractivity contribution in [3.63, 3.8) is 0 Å². The molecule has 1 amide bonds. The van der Waals surface area contributed by atoms with Gasteiger partial charge in [-0.3, -0.25) is 9.69 Å². The molecule has 2 aliphatic rings. The lowest BCUT2D eigenvalue weighted by atomic mass is 9.93. The summed E-state index contributed by atoms with van der Waals surface area (Å²) in [5.74, 6) is 0.894. The van der Waals surface area contributed by atoms with Crippen LogP contribution >= 0.6 is 11.6 Å². The van der Waals surface area contributed by atoms with Crippen LogP contribution < -0.4 is 5.32 Å². The molecule has 0 aromatic heterocycles. The summed E-state index contributed by atoms with van der Waals surface area (Å²) in [5.41, 5.74) is 2.53. The maximum Gasteiger partial charge on any atom is 0.231 e. The van der Waals surface area contributed by atoms with Gasteiger partial charge in [-0.05, 0) is 75.6 Å². The van der Waals surface area contributed by atoms with Gasteiger partial charge in [0.2, 0.25) is 5.91 Å². The van der Waals surface area contributed by atoms with E-state index in [4.69, 9.17) is 22.0 Å². The van der Waals surface area contributed by atoms with Crippen molar-refractivity contribution in [2.24, 2.45) is 16.8 Å². The lowest BCUT2D eigenvalue weighted by Crippen LogP contribution is -2.50. The van der Waals surface area contributed by atoms with Gasteiger partial charge < -0.3 is 10.7 Å². The fraction of sp³-hybridized carbons (Fsp3) is 0.560. The Balaban J connectivity index is 1.95. The van der Waals surface area contributed by atoms with Crippen LogP contribution in [0.3, 0.4) is 0 Å². The van der Waals surface area contributed by atoms with Crippen LogP contribution in [0.15, 0.2) is 40.7 Å². The number of carbonyl (C=O) groups excluding carboxylic acids is 1. The summed E-state index contributed by atoms with van der Waals surface area (Å²) in [7, 11) is 0. The van der Waals surface area contributed by atoms with Gasteiger partial charge in [-0.25, -0.2) is 4.99 Å². The minimum Gasteiger partial charge on any atom is -0.315 e. The Labute approximate surface area is 191 Å². The molecule has 5 nitrogen and oxygen atoms in total. The van der Waals surface area contributed by atoms with E-state index in [0.29, 0.717) is 29.4 Å². The monoisotopic (exact) mass is 442 g/mol. The first-order chi connectivity index (χ1) is 14.9. The number of benzene rings is 1. The minimum absolute atomic E-state index is 0.0635. The molecule has 1 aromatic carbocycles. The van der Waals surface area contributed by atoms with Gasteiger partial charge in [0.05, 0.1) is 6.04 Å². The van der Waals surface area contributed by atoms with E-state index < -0.39 is 0 Å². The number of nitrogens with one attached hydrogen (secondary N) is 2. The maximum atomic E-state index is 14.0. The summed E-state index contributed by atoms with van der Waals surface area (Å²) in [4.78, 5) is 20.7. The number of hydrogen-bond donors (Lipinski definition) is 2. The summed E-state index contributed by atoms with van der Waals surface area (Å²) in [6, 6.07) is 7.83. The Hall–Kier alpha value is -1.98. The normalized spacial score (nSPS) is 22.9. The van der Waals surface area contributed by atoms with Gasteiger partial charge in [0.15, 0.2) is 0 Å². The molecule has 0 saturated carbocycles. The van der Waals surface area contributed by atoms with Gasteiger partial charge in [-0.1, -0.05) is 37.6 Å². The van der Waals surface area contributed by atoms with Crippen molar-refractivity contribution in [3.05, 3.63) is 46.2 Å². The second-order valence-corrected chi connectivity index (χ2v) is 9.16. The Morgan fingerprint density at radius 1 is 1.32 bits per heavy atom. The van der Waals surface area contributed by atoms with E-state index in [1.807, 2.05) is 42.3 Å². The molecule has 3 atom stereocenters. The first-order valence-corrected chi connectivity index (χ1v) is 11.9. The number of rotatable bonds is 7. The van der Waals surface area contributed by atoms with Crippen molar-refractivity contribution in [2.45, 2.75) is 65.3 Å². The van der Waals surface area contributed by atoms with Crippen molar-refractivity contribution in [2.75, 3.05) is 13.1 Å². The topological polar surface area (TPSA) is 68.6 Å². The molecular formula is C25H35ClN4O. The third kappa shape index (κ3) is 5.83. The van der Waals surface area contributed by atoms with E-state index in [1.54, 1.807) is 0 Å².